The van der Waals surface area contributed by atoms with Gasteiger partial charge in [0.05, 0.1) is 0 Å². The van der Waals surface area contributed by atoms with Crippen molar-refractivity contribution in [1.29, 1.82) is 0 Å². The van der Waals surface area contributed by atoms with E-state index in [1.165, 1.54) is 34.9 Å². The fourth-order valence-electron chi connectivity index (χ4n) is 8.04. The molecule has 0 N–H and O–H groups in total. The Bertz CT molecular complexity index is 1610. The SMILES string of the molecule is C.C.[2HH].[2HH].[2HH].[2HH].[2HH].[2HH].[B]B([B])B(B=NB(B(B([B])[B])B([B])[B])B(B([B])[B])B([B])[B])B(B([B])[B])B([B])[B].[B]B([B])B(B=NB(B([B])[B])B([B])[B])B([B])[B].[B]B([B])B([B])B(N=BB(B([B])[B])B([B])[B])B(B([B])[B])B([B])[B].[B][B]B(B([B])[B])B(N=BB(B([B])[B])B([B])[B])B([B])[B]. The molecule has 0 aromatic carbocycles. The third-order valence-corrected chi connectivity index (χ3v) is 13.1. The molecular weight excluding hydrogens is 956 g/mol. The van der Waals surface area contributed by atoms with Crippen molar-refractivity contribution in [2.45, 2.75) is 14.9 Å². The van der Waals surface area contributed by atoms with Crippen molar-refractivity contribution < 1.29 is 8.56 Å². The molecule has 85 radical (unpaired) electrons. The maximum atomic E-state index is 5.96. The molecule has 0 aromatic rings. The van der Waals surface area contributed by atoms with Crippen molar-refractivity contribution in [3.63, 3.8) is 0 Å². The van der Waals surface area contributed by atoms with E-state index in [1.807, 2.05) is 0 Å². The summed E-state index contributed by atoms with van der Waals surface area (Å²) in [6, 6.07) is 0. The van der Waals surface area contributed by atoms with Gasteiger partial charge < -0.3 is 0 Å². The molecular formula is C2H20B81N4. The first-order valence-corrected chi connectivity index (χ1v) is 26.4. The standard InChI is InChI=1S/2CH4.B27N.B21N.B18N.B15N.6H2/c;;1-16(2)23(24(17(3)4)18(5)6)15-28-27(25(19(7)8)20(9)10)26(21(11)12)22(13)14;1-13(2)18(11)21(20(16(7)8)17(9)10)22-12-19(14(3)4)15(5)6;1-10-16(12(2)3)18(15(8)9)19-11-17(13(4)5)14(6)7;1-10(2)14(11(3)4)9-16-15(12(5)6)13(7)8;;;;;;/h2*1H4;;;;;6*1H/i;;;;;;6*1+1. The van der Waals surface area contributed by atoms with Crippen LogP contribution in [-0.2, 0) is 0 Å². The van der Waals surface area contributed by atoms with Crippen LogP contribution >= 0.6 is 0 Å². The van der Waals surface area contributed by atoms with Gasteiger partial charge in [-0.15, -0.1) is 0 Å². The molecule has 0 spiro atoms. The molecule has 0 aliphatic carbocycles. The number of rotatable bonds is 35. The molecule has 0 rings (SSSR count). The Labute approximate surface area is 615 Å². The Morgan fingerprint density at radius 1 is 0.184 bits per heavy atom. The Balaban J connectivity index is -0.0000000931. The molecule has 4 nitrogen and oxygen atoms in total. The summed E-state index contributed by atoms with van der Waals surface area (Å²) in [5.41, 5.74) is 0. The van der Waals surface area contributed by atoms with Gasteiger partial charge in [0.15, 0.2) is 0 Å². The monoisotopic (exact) mass is 998 g/mol. The summed E-state index contributed by atoms with van der Waals surface area (Å²) in [7, 11) is 239. The van der Waals surface area contributed by atoms with Crippen LogP contribution in [0.25, 0.3) is 0 Å². The molecule has 0 atom stereocenters. The van der Waals surface area contributed by atoms with Gasteiger partial charge >= 0.3 is 597 Å². The molecule has 0 amide bonds. The first-order valence-electron chi connectivity index (χ1n) is 26.4. The minimum atomic E-state index is -0.975. The van der Waals surface area contributed by atoms with Gasteiger partial charge in [-0.2, -0.15) is 0 Å². The molecule has 0 unspecified atom stereocenters. The number of hydrogen-bond donors (Lipinski definition) is 0. The third-order valence-electron chi connectivity index (χ3n) is 13.1. The summed E-state index contributed by atoms with van der Waals surface area (Å²) in [5, 5.41) is 0. The molecule has 0 heterocycles. The van der Waals surface area contributed by atoms with Gasteiger partial charge in [0.25, 0.3) is 0 Å². The molecule has 0 fully saturated rings. The molecule has 0 aliphatic rings. The van der Waals surface area contributed by atoms with Crippen LogP contribution in [0.4, 0.5) is 0 Å². The first-order chi connectivity index (χ1) is 38.7. The fraction of sp³-hybridized carbons (Fsp3) is 1.00. The molecule has 0 saturated carbocycles. The topological polar surface area (TPSA) is 49.4 Å². The Morgan fingerprint density at radius 3 is 0.575 bits per heavy atom. The predicted molar refractivity (Wildman–Crippen MR) is 502 cm³/mol. The van der Waals surface area contributed by atoms with Crippen LogP contribution < -0.4 is 0 Å². The number of hydrogen-bond acceptors (Lipinski definition) is 4. The van der Waals surface area contributed by atoms with E-state index >= 15 is 0 Å². The van der Waals surface area contributed by atoms with Gasteiger partial charge in [0.1, 0.15) is 0 Å². The zero-order chi connectivity index (χ0) is 68.0. The summed E-state index contributed by atoms with van der Waals surface area (Å²) in [4.78, 5) is 17.0. The molecule has 85 heteroatoms. The second-order valence-electron chi connectivity index (χ2n) is 20.7. The van der Waals surface area contributed by atoms with E-state index in [-0.39, 0.29) is 23.4 Å². The van der Waals surface area contributed by atoms with Gasteiger partial charge in [-0.05, 0) is 0 Å². The fourth-order valence-corrected chi connectivity index (χ4v) is 8.04. The van der Waals surface area contributed by atoms with Crippen LogP contribution in [0, 0.1) is 0 Å². The minimum absolute atomic E-state index is 0. The van der Waals surface area contributed by atoms with Crippen LogP contribution in [0.1, 0.15) is 23.4 Å². The maximum absolute atomic E-state index is 5.96. The van der Waals surface area contributed by atoms with E-state index < -0.39 is 218 Å². The third kappa shape index (κ3) is 41.6. The van der Waals surface area contributed by atoms with Crippen molar-refractivity contribution in [2.24, 2.45) is 19.2 Å². The van der Waals surface area contributed by atoms with Gasteiger partial charge in [0, 0.05) is 8.56 Å². The second-order valence-corrected chi connectivity index (χ2v) is 20.7. The van der Waals surface area contributed by atoms with E-state index in [0.29, 0.717) is 0 Å². The van der Waals surface area contributed by atoms with Gasteiger partial charge in [-0.3, -0.25) is 0 Å². The van der Waals surface area contributed by atoms with Gasteiger partial charge in [0.2, 0.25) is 0 Å². The predicted octanol–water partition coefficient (Wildman–Crippen LogP) is -27.4. The summed E-state index contributed by atoms with van der Waals surface area (Å²) in [5.74, 6) is 0. The first kappa shape index (κ1) is 102. The van der Waals surface area contributed by atoms with E-state index in [0.717, 1.165) is 0 Å². The summed E-state index contributed by atoms with van der Waals surface area (Å²) in [6.07, 6.45) is -23.6. The van der Waals surface area contributed by atoms with Crippen LogP contribution in [0.15, 0.2) is 19.2 Å². The summed E-state index contributed by atoms with van der Waals surface area (Å²) in [6.45, 7) is 2.75. The molecule has 0 saturated heterocycles. The Morgan fingerprint density at radius 2 is 0.379 bits per heavy atom. The molecule has 291 valence electrons. The van der Waals surface area contributed by atoms with Crippen molar-refractivity contribution in [3.8, 4) is 0 Å². The van der Waals surface area contributed by atoms with E-state index in [4.69, 9.17) is 325 Å². The molecule has 0 bridgehead atoms. The molecule has 0 aliphatic heterocycles. The Hall–Kier alpha value is 4.46. The second kappa shape index (κ2) is 54.3. The van der Waals surface area contributed by atoms with Crippen LogP contribution in [0.5, 0.6) is 0 Å². The van der Waals surface area contributed by atoms with Crippen molar-refractivity contribution >= 4 is 578 Å². The molecule has 87 heavy (non-hydrogen) atoms. The van der Waals surface area contributed by atoms with E-state index in [1.54, 1.807) is 0 Å². The van der Waals surface area contributed by atoms with E-state index in [2.05, 4.69) is 19.2 Å². The van der Waals surface area contributed by atoms with Crippen LogP contribution in [0.2, 0.25) is 0 Å². The normalized spacial score (nSPS) is 9.20. The average Bonchev–Trinajstić information content (AvgIpc) is 3.31. The van der Waals surface area contributed by atoms with Crippen LogP contribution in [-0.4, -0.2) is 578 Å². The Kier molecular flexibility index (Phi) is 64.0. The van der Waals surface area contributed by atoms with Crippen molar-refractivity contribution in [3.05, 3.63) is 0 Å². The van der Waals surface area contributed by atoms with Crippen molar-refractivity contribution in [2.75, 3.05) is 0 Å². The van der Waals surface area contributed by atoms with Crippen LogP contribution in [0.3, 0.4) is 0 Å². The van der Waals surface area contributed by atoms with E-state index in [9.17, 15) is 0 Å². The molecule has 0 aromatic heterocycles. The summed E-state index contributed by atoms with van der Waals surface area (Å²) < 4.78 is 0. The average molecular weight is 982 g/mol. The zero-order valence-corrected chi connectivity index (χ0v) is 48.6. The quantitative estimate of drug-likeness (QED) is 0.0568. The number of nitrogens with zero attached hydrogens (tertiary/aromatic N) is 4. The summed E-state index contributed by atoms with van der Waals surface area (Å²) >= 11 is 0. The van der Waals surface area contributed by atoms with Crippen molar-refractivity contribution in [1.82, 2.24) is 0 Å². The zero-order valence-electron chi connectivity index (χ0n) is 48.6. The van der Waals surface area contributed by atoms with Gasteiger partial charge in [-0.1, -0.05) is 14.9 Å². The van der Waals surface area contributed by atoms with Gasteiger partial charge in [-0.25, -0.2) is 0 Å².